The number of rotatable bonds is 6. The monoisotopic (exact) mass is 188 g/mol. The van der Waals surface area contributed by atoms with E-state index >= 15 is 0 Å². The lowest BCUT2D eigenvalue weighted by atomic mass is 10.1. The van der Waals surface area contributed by atoms with E-state index < -0.39 is 0 Å². The fourth-order valence-corrected chi connectivity index (χ4v) is 2.69. The lowest BCUT2D eigenvalue weighted by Gasteiger charge is -2.09. The minimum Gasteiger partial charge on any atom is -0.316 e. The Bertz CT molecular complexity index is 103. The molecule has 1 rings (SSSR count). The van der Waals surface area contributed by atoms with Gasteiger partial charge in [-0.25, -0.2) is 0 Å². The first-order chi connectivity index (χ1) is 5.93. The summed E-state index contributed by atoms with van der Waals surface area (Å²) in [7, 11) is 0. The van der Waals surface area contributed by atoms with E-state index in [1.807, 2.05) is 0 Å². The van der Waals surface area contributed by atoms with Crippen LogP contribution in [-0.4, -0.2) is 37.7 Å². The van der Waals surface area contributed by atoms with Crippen LogP contribution in [0.25, 0.3) is 0 Å². The van der Waals surface area contributed by atoms with Crippen molar-refractivity contribution in [1.82, 2.24) is 10.6 Å². The van der Waals surface area contributed by atoms with Crippen molar-refractivity contribution in [2.24, 2.45) is 5.92 Å². The largest absolute Gasteiger partial charge is 0.316 e. The molecule has 0 bridgehead atoms. The molecule has 1 aliphatic rings. The molecule has 1 unspecified atom stereocenters. The first-order valence-corrected chi connectivity index (χ1v) is 6.08. The summed E-state index contributed by atoms with van der Waals surface area (Å²) < 4.78 is 0. The molecule has 3 heteroatoms. The van der Waals surface area contributed by atoms with Crippen LogP contribution in [0.2, 0.25) is 0 Å². The maximum atomic E-state index is 3.49. The average molecular weight is 188 g/mol. The molecule has 0 aromatic carbocycles. The number of thioether (sulfide) groups is 1. The van der Waals surface area contributed by atoms with Crippen LogP contribution >= 0.6 is 11.8 Å². The number of hydrogen-bond donors (Lipinski definition) is 2. The lowest BCUT2D eigenvalue weighted by molar-refractivity contribution is 0.515. The van der Waals surface area contributed by atoms with E-state index in [0.29, 0.717) is 0 Å². The summed E-state index contributed by atoms with van der Waals surface area (Å²) in [6.07, 6.45) is 1.42. The zero-order chi connectivity index (χ0) is 8.65. The quantitative estimate of drug-likeness (QED) is 0.607. The fraction of sp³-hybridized carbons (Fsp3) is 1.00. The molecule has 1 fully saturated rings. The molecular weight excluding hydrogens is 168 g/mol. The molecule has 0 aliphatic carbocycles. The van der Waals surface area contributed by atoms with Crippen molar-refractivity contribution in [3.8, 4) is 0 Å². The van der Waals surface area contributed by atoms with Crippen molar-refractivity contribution in [1.29, 1.82) is 0 Å². The second-order valence-electron chi connectivity index (χ2n) is 3.29. The third-order valence-electron chi connectivity index (χ3n) is 2.19. The Labute approximate surface area is 79.9 Å². The van der Waals surface area contributed by atoms with Crippen molar-refractivity contribution < 1.29 is 0 Å². The summed E-state index contributed by atoms with van der Waals surface area (Å²) in [6, 6.07) is 0. The lowest BCUT2D eigenvalue weighted by Crippen LogP contribution is -2.30. The summed E-state index contributed by atoms with van der Waals surface area (Å²) >= 11 is 2.09. The number of likely N-dealkylation sites (N-methyl/N-ethyl adjacent to an activating group) is 1. The van der Waals surface area contributed by atoms with Crippen LogP contribution in [0.1, 0.15) is 13.3 Å². The second kappa shape index (κ2) is 6.75. The molecule has 1 aliphatic heterocycles. The van der Waals surface area contributed by atoms with Gasteiger partial charge in [0.15, 0.2) is 0 Å². The topological polar surface area (TPSA) is 24.1 Å². The van der Waals surface area contributed by atoms with Crippen molar-refractivity contribution in [2.45, 2.75) is 13.3 Å². The molecule has 12 heavy (non-hydrogen) atoms. The average Bonchev–Trinajstić information content (AvgIpc) is 2.57. The summed E-state index contributed by atoms with van der Waals surface area (Å²) in [5.41, 5.74) is 0. The van der Waals surface area contributed by atoms with Gasteiger partial charge in [-0.15, -0.1) is 0 Å². The molecule has 1 atom stereocenters. The third kappa shape index (κ3) is 4.33. The van der Waals surface area contributed by atoms with Gasteiger partial charge in [-0.3, -0.25) is 0 Å². The molecule has 0 spiro atoms. The van der Waals surface area contributed by atoms with Crippen molar-refractivity contribution in [2.75, 3.05) is 37.7 Å². The van der Waals surface area contributed by atoms with Crippen LogP contribution in [0.15, 0.2) is 0 Å². The SMILES string of the molecule is CCNCCNCC1CCSC1. The molecule has 1 saturated heterocycles. The van der Waals surface area contributed by atoms with E-state index in [1.54, 1.807) is 0 Å². The minimum absolute atomic E-state index is 0.941. The Kier molecular flexibility index (Phi) is 5.82. The number of hydrogen-bond acceptors (Lipinski definition) is 3. The van der Waals surface area contributed by atoms with E-state index in [-0.39, 0.29) is 0 Å². The molecule has 0 radical (unpaired) electrons. The van der Waals surface area contributed by atoms with Crippen molar-refractivity contribution in [3.05, 3.63) is 0 Å². The zero-order valence-electron chi connectivity index (χ0n) is 7.94. The highest BCUT2D eigenvalue weighted by molar-refractivity contribution is 7.99. The first kappa shape index (κ1) is 10.4. The number of nitrogens with one attached hydrogen (secondary N) is 2. The normalized spacial score (nSPS) is 23.2. The highest BCUT2D eigenvalue weighted by Crippen LogP contribution is 2.22. The van der Waals surface area contributed by atoms with E-state index in [9.17, 15) is 0 Å². The predicted octanol–water partition coefficient (Wildman–Crippen LogP) is 0.939. The van der Waals surface area contributed by atoms with Gasteiger partial charge in [-0.2, -0.15) is 11.8 Å². The smallest absolute Gasteiger partial charge is 0.00768 e. The molecule has 0 saturated carbocycles. The van der Waals surface area contributed by atoms with E-state index in [2.05, 4.69) is 29.3 Å². The molecule has 0 aromatic heterocycles. The highest BCUT2D eigenvalue weighted by Gasteiger charge is 2.13. The Balaban J connectivity index is 1.81. The fourth-order valence-electron chi connectivity index (χ4n) is 1.40. The van der Waals surface area contributed by atoms with Gasteiger partial charge in [0.05, 0.1) is 0 Å². The third-order valence-corrected chi connectivity index (χ3v) is 3.42. The molecule has 1 heterocycles. The van der Waals surface area contributed by atoms with Crippen LogP contribution in [0.5, 0.6) is 0 Å². The Morgan fingerprint density at radius 2 is 2.17 bits per heavy atom. The van der Waals surface area contributed by atoms with E-state index in [0.717, 1.165) is 25.6 Å². The molecule has 0 aromatic rings. The van der Waals surface area contributed by atoms with Crippen LogP contribution in [0.3, 0.4) is 0 Å². The summed E-state index contributed by atoms with van der Waals surface area (Å²) in [5.74, 6) is 3.69. The predicted molar refractivity (Wildman–Crippen MR) is 56.8 cm³/mol. The summed E-state index contributed by atoms with van der Waals surface area (Å²) in [5, 5.41) is 6.79. The molecular formula is C9H20N2S. The summed E-state index contributed by atoms with van der Waals surface area (Å²) in [4.78, 5) is 0. The van der Waals surface area contributed by atoms with Gasteiger partial charge in [0.25, 0.3) is 0 Å². The van der Waals surface area contributed by atoms with Gasteiger partial charge < -0.3 is 10.6 Å². The maximum absolute atomic E-state index is 3.49. The Morgan fingerprint density at radius 1 is 1.33 bits per heavy atom. The van der Waals surface area contributed by atoms with Crippen LogP contribution in [0.4, 0.5) is 0 Å². The van der Waals surface area contributed by atoms with Crippen molar-refractivity contribution in [3.63, 3.8) is 0 Å². The van der Waals surface area contributed by atoms with Crippen molar-refractivity contribution >= 4 is 11.8 Å². The Morgan fingerprint density at radius 3 is 2.83 bits per heavy atom. The maximum Gasteiger partial charge on any atom is 0.00768 e. The van der Waals surface area contributed by atoms with E-state index in [4.69, 9.17) is 0 Å². The highest BCUT2D eigenvalue weighted by atomic mass is 32.2. The first-order valence-electron chi connectivity index (χ1n) is 4.92. The minimum atomic E-state index is 0.941. The zero-order valence-corrected chi connectivity index (χ0v) is 8.75. The van der Waals surface area contributed by atoms with Gasteiger partial charge in [-0.1, -0.05) is 6.92 Å². The van der Waals surface area contributed by atoms with Gasteiger partial charge in [0.1, 0.15) is 0 Å². The Hall–Kier alpha value is 0.270. The van der Waals surface area contributed by atoms with E-state index in [1.165, 1.54) is 24.5 Å². The molecule has 2 N–H and O–H groups in total. The second-order valence-corrected chi connectivity index (χ2v) is 4.44. The van der Waals surface area contributed by atoms with Gasteiger partial charge in [-0.05, 0) is 36.9 Å². The van der Waals surface area contributed by atoms with Crippen LogP contribution in [0, 0.1) is 5.92 Å². The van der Waals surface area contributed by atoms with Gasteiger partial charge in [0, 0.05) is 13.1 Å². The molecule has 72 valence electrons. The van der Waals surface area contributed by atoms with Crippen LogP contribution in [-0.2, 0) is 0 Å². The molecule has 2 nitrogen and oxygen atoms in total. The summed E-state index contributed by atoms with van der Waals surface area (Å²) in [6.45, 7) is 6.68. The molecule has 0 amide bonds. The standard InChI is InChI=1S/C9H20N2S/c1-2-10-4-5-11-7-9-3-6-12-8-9/h9-11H,2-8H2,1H3. The van der Waals surface area contributed by atoms with Gasteiger partial charge >= 0.3 is 0 Å². The van der Waals surface area contributed by atoms with Gasteiger partial charge in [0.2, 0.25) is 0 Å². The van der Waals surface area contributed by atoms with Crippen LogP contribution < -0.4 is 10.6 Å².